The molecule has 2 rings (SSSR count). The zero-order valence-corrected chi connectivity index (χ0v) is 19.7. The number of halogens is 1. The molecule has 1 saturated heterocycles. The zero-order chi connectivity index (χ0) is 23.0. The first-order valence-electron chi connectivity index (χ1n) is 10.7. The predicted octanol–water partition coefficient (Wildman–Crippen LogP) is 3.29. The number of alkyl carbamates (subject to hydrolysis) is 1. The van der Waals surface area contributed by atoms with Crippen LogP contribution in [0.25, 0.3) is 0 Å². The van der Waals surface area contributed by atoms with E-state index in [2.05, 4.69) is 15.5 Å². The van der Waals surface area contributed by atoms with Crippen LogP contribution in [0.3, 0.4) is 0 Å². The van der Waals surface area contributed by atoms with E-state index in [4.69, 9.17) is 26.8 Å². The molecule has 4 N–H and O–H groups in total. The number of amides is 2. The highest BCUT2D eigenvalue weighted by molar-refractivity contribution is 6.33. The first kappa shape index (κ1) is 25.1. The number of anilines is 1. The maximum absolute atomic E-state index is 12.4. The van der Waals surface area contributed by atoms with E-state index in [1.54, 1.807) is 6.07 Å². The predicted molar refractivity (Wildman–Crippen MR) is 123 cm³/mol. The van der Waals surface area contributed by atoms with Crippen LogP contribution in [-0.4, -0.2) is 62.3 Å². The lowest BCUT2D eigenvalue weighted by Crippen LogP contribution is -2.36. The molecule has 0 aromatic heterocycles. The van der Waals surface area contributed by atoms with Crippen LogP contribution < -0.4 is 21.1 Å². The van der Waals surface area contributed by atoms with Crippen LogP contribution in [0.4, 0.5) is 10.5 Å². The third-order valence-electron chi connectivity index (χ3n) is 5.05. The normalized spacial score (nSPS) is 16.7. The van der Waals surface area contributed by atoms with Gasteiger partial charge in [-0.05, 0) is 65.1 Å². The maximum Gasteiger partial charge on any atom is 0.407 e. The highest BCUT2D eigenvalue weighted by atomic mass is 35.5. The Bertz CT molecular complexity index is 767. The molecular weight excluding hydrogens is 420 g/mol. The van der Waals surface area contributed by atoms with E-state index in [-0.39, 0.29) is 12.0 Å². The van der Waals surface area contributed by atoms with E-state index in [1.807, 2.05) is 20.8 Å². The van der Waals surface area contributed by atoms with Crippen molar-refractivity contribution >= 4 is 29.3 Å². The highest BCUT2D eigenvalue weighted by Gasteiger charge is 2.23. The van der Waals surface area contributed by atoms with Gasteiger partial charge in [-0.3, -0.25) is 4.79 Å². The molecule has 0 saturated carbocycles. The Morgan fingerprint density at radius 3 is 2.68 bits per heavy atom. The summed E-state index contributed by atoms with van der Waals surface area (Å²) in [6.45, 7) is 9.72. The van der Waals surface area contributed by atoms with Gasteiger partial charge in [0.1, 0.15) is 11.4 Å². The minimum atomic E-state index is -0.480. The van der Waals surface area contributed by atoms with E-state index in [0.717, 1.165) is 38.9 Å². The van der Waals surface area contributed by atoms with E-state index in [1.165, 1.54) is 13.2 Å². The Morgan fingerprint density at radius 1 is 1.26 bits per heavy atom. The molecule has 8 nitrogen and oxygen atoms in total. The van der Waals surface area contributed by atoms with Gasteiger partial charge in [0.05, 0.1) is 23.4 Å². The van der Waals surface area contributed by atoms with Gasteiger partial charge in [-0.15, -0.1) is 0 Å². The van der Waals surface area contributed by atoms with Crippen LogP contribution >= 0.6 is 11.6 Å². The van der Waals surface area contributed by atoms with E-state index < -0.39 is 5.60 Å². The molecule has 9 heteroatoms. The second-order valence-electron chi connectivity index (χ2n) is 8.88. The molecular formula is C22H35ClN4O4. The van der Waals surface area contributed by atoms with Crippen LogP contribution in [-0.2, 0) is 4.74 Å². The number of nitrogens with zero attached hydrogens (tertiary/aromatic N) is 1. The van der Waals surface area contributed by atoms with Gasteiger partial charge in [-0.2, -0.15) is 0 Å². The number of carbonyl (C=O) groups excluding carboxylic acids is 2. The van der Waals surface area contributed by atoms with Crippen molar-refractivity contribution in [1.29, 1.82) is 0 Å². The largest absolute Gasteiger partial charge is 0.496 e. The number of hydrogen-bond donors (Lipinski definition) is 3. The number of hydrogen-bond acceptors (Lipinski definition) is 6. The summed E-state index contributed by atoms with van der Waals surface area (Å²) >= 11 is 6.03. The van der Waals surface area contributed by atoms with Crippen LogP contribution in [0.1, 0.15) is 50.4 Å². The Kier molecular flexibility index (Phi) is 9.25. The topological polar surface area (TPSA) is 106 Å². The van der Waals surface area contributed by atoms with Gasteiger partial charge in [0.2, 0.25) is 0 Å². The second kappa shape index (κ2) is 11.4. The van der Waals surface area contributed by atoms with Gasteiger partial charge >= 0.3 is 6.09 Å². The fourth-order valence-electron chi connectivity index (χ4n) is 3.50. The van der Waals surface area contributed by atoms with Gasteiger partial charge < -0.3 is 30.7 Å². The number of nitrogens with one attached hydrogen (secondary N) is 2. The molecule has 1 fully saturated rings. The second-order valence-corrected chi connectivity index (χ2v) is 9.28. The Hall–Kier alpha value is -2.19. The van der Waals surface area contributed by atoms with Crippen molar-refractivity contribution in [3.05, 3.63) is 22.7 Å². The standard InChI is InChI=1S/C22H35ClN4O4/c1-22(2,3)31-21(29)26-13-15-7-10-27(14-15)9-6-5-8-25-20(28)16-11-17(23)18(24)12-19(16)30-4/h11-12,15H,5-10,13-14,24H2,1-4H3,(H,25,28)(H,26,29)/t15-/m0/s1. The monoisotopic (exact) mass is 454 g/mol. The molecule has 174 valence electrons. The first-order valence-corrected chi connectivity index (χ1v) is 11.1. The number of rotatable bonds is 9. The summed E-state index contributed by atoms with van der Waals surface area (Å²) in [7, 11) is 1.49. The lowest BCUT2D eigenvalue weighted by atomic mass is 10.1. The Morgan fingerprint density at radius 2 is 2.00 bits per heavy atom. The van der Waals surface area contributed by atoms with E-state index >= 15 is 0 Å². The number of ether oxygens (including phenoxy) is 2. The lowest BCUT2D eigenvalue weighted by Gasteiger charge is -2.21. The molecule has 1 atom stereocenters. The van der Waals surface area contributed by atoms with Gasteiger partial charge in [0.15, 0.2) is 0 Å². The molecule has 0 radical (unpaired) electrons. The molecule has 31 heavy (non-hydrogen) atoms. The molecule has 2 amide bonds. The van der Waals surface area contributed by atoms with Crippen LogP contribution in [0.15, 0.2) is 12.1 Å². The number of likely N-dealkylation sites (tertiary alicyclic amines) is 1. The number of nitrogens with two attached hydrogens (primary N) is 1. The van der Waals surface area contributed by atoms with Crippen LogP contribution in [0, 0.1) is 5.92 Å². The number of methoxy groups -OCH3 is 1. The van der Waals surface area contributed by atoms with Crippen LogP contribution in [0.2, 0.25) is 5.02 Å². The average molecular weight is 455 g/mol. The summed E-state index contributed by atoms with van der Waals surface area (Å²) in [5.41, 5.74) is 6.03. The number of unbranched alkanes of at least 4 members (excludes halogenated alkanes) is 1. The molecule has 1 aliphatic rings. The van der Waals surface area contributed by atoms with Gasteiger partial charge in [0.25, 0.3) is 5.91 Å². The van der Waals surface area contributed by atoms with Crippen molar-refractivity contribution in [2.24, 2.45) is 5.92 Å². The van der Waals surface area contributed by atoms with Crippen molar-refractivity contribution in [1.82, 2.24) is 15.5 Å². The number of carbonyl (C=O) groups is 2. The minimum absolute atomic E-state index is 0.229. The maximum atomic E-state index is 12.4. The fourth-order valence-corrected chi connectivity index (χ4v) is 3.66. The van der Waals surface area contributed by atoms with Crippen LogP contribution in [0.5, 0.6) is 5.75 Å². The molecule has 0 spiro atoms. The third-order valence-corrected chi connectivity index (χ3v) is 5.38. The molecule has 0 bridgehead atoms. The summed E-state index contributed by atoms with van der Waals surface area (Å²) in [6, 6.07) is 3.08. The first-order chi connectivity index (χ1) is 14.6. The lowest BCUT2D eigenvalue weighted by molar-refractivity contribution is 0.0519. The van der Waals surface area contributed by atoms with Crippen molar-refractivity contribution in [2.45, 2.75) is 45.6 Å². The Balaban J connectivity index is 1.63. The highest BCUT2D eigenvalue weighted by Crippen LogP contribution is 2.28. The summed E-state index contributed by atoms with van der Waals surface area (Å²) < 4.78 is 10.5. The third kappa shape index (κ3) is 8.45. The summed E-state index contributed by atoms with van der Waals surface area (Å²) in [4.78, 5) is 26.6. The van der Waals surface area contributed by atoms with Crippen molar-refractivity contribution < 1.29 is 19.1 Å². The Labute approximate surface area is 189 Å². The average Bonchev–Trinajstić information content (AvgIpc) is 3.14. The molecule has 0 unspecified atom stereocenters. The molecule has 0 aliphatic carbocycles. The van der Waals surface area contributed by atoms with Crippen molar-refractivity contribution in [3.8, 4) is 5.75 Å². The molecule has 1 aromatic rings. The molecule has 1 heterocycles. The SMILES string of the molecule is COc1cc(N)c(Cl)cc1C(=O)NCCCCN1CC[C@@H](CNC(=O)OC(C)(C)C)C1. The van der Waals surface area contributed by atoms with Gasteiger partial charge in [-0.25, -0.2) is 4.79 Å². The van der Waals surface area contributed by atoms with E-state index in [9.17, 15) is 9.59 Å². The summed E-state index contributed by atoms with van der Waals surface area (Å²) in [5, 5.41) is 6.10. The minimum Gasteiger partial charge on any atom is -0.496 e. The fraction of sp³-hybridized carbons (Fsp3) is 0.636. The smallest absolute Gasteiger partial charge is 0.407 e. The van der Waals surface area contributed by atoms with Gasteiger partial charge in [0, 0.05) is 25.7 Å². The summed E-state index contributed by atoms with van der Waals surface area (Å²) in [6.07, 6.45) is 2.55. The number of nitrogen functional groups attached to an aromatic ring is 1. The van der Waals surface area contributed by atoms with E-state index in [0.29, 0.717) is 41.0 Å². The molecule has 1 aliphatic heterocycles. The summed E-state index contributed by atoms with van der Waals surface area (Å²) in [5.74, 6) is 0.616. The molecule has 1 aromatic carbocycles. The van der Waals surface area contributed by atoms with Crippen molar-refractivity contribution in [3.63, 3.8) is 0 Å². The quantitative estimate of drug-likeness (QED) is 0.390. The zero-order valence-electron chi connectivity index (χ0n) is 18.9. The number of benzene rings is 1. The van der Waals surface area contributed by atoms with Crippen molar-refractivity contribution in [2.75, 3.05) is 45.6 Å². The van der Waals surface area contributed by atoms with Gasteiger partial charge in [-0.1, -0.05) is 11.6 Å².